The van der Waals surface area contributed by atoms with E-state index in [-0.39, 0.29) is 24.6 Å². The Labute approximate surface area is 181 Å². The van der Waals surface area contributed by atoms with Crippen molar-refractivity contribution in [3.8, 4) is 0 Å². The van der Waals surface area contributed by atoms with Crippen LogP contribution in [-0.2, 0) is 11.3 Å². The first kappa shape index (κ1) is 21.7. The summed E-state index contributed by atoms with van der Waals surface area (Å²) < 4.78 is 1.42. The second-order valence-electron chi connectivity index (χ2n) is 8.70. The van der Waals surface area contributed by atoms with Crippen molar-refractivity contribution in [2.24, 2.45) is 0 Å². The van der Waals surface area contributed by atoms with Crippen molar-refractivity contribution in [1.29, 1.82) is 0 Å². The molecule has 9 heteroatoms. The number of piperazine rings is 1. The van der Waals surface area contributed by atoms with Crippen molar-refractivity contribution in [1.82, 2.24) is 19.4 Å². The molecule has 1 unspecified atom stereocenters. The van der Waals surface area contributed by atoms with Gasteiger partial charge in [-0.25, -0.2) is 4.98 Å². The maximum atomic E-state index is 12.5. The van der Waals surface area contributed by atoms with Crippen molar-refractivity contribution < 1.29 is 15.0 Å². The van der Waals surface area contributed by atoms with E-state index in [2.05, 4.69) is 14.8 Å². The number of rotatable bonds is 5. The molecule has 4 rings (SSSR count). The van der Waals surface area contributed by atoms with Gasteiger partial charge in [0.2, 0.25) is 5.91 Å². The summed E-state index contributed by atoms with van der Waals surface area (Å²) in [6.07, 6.45) is 3.04. The number of aliphatic hydroxyl groups excluding tert-OH is 1. The van der Waals surface area contributed by atoms with Gasteiger partial charge in [-0.15, -0.1) is 0 Å². The van der Waals surface area contributed by atoms with Gasteiger partial charge in [-0.3, -0.25) is 19.1 Å². The van der Waals surface area contributed by atoms with Crippen LogP contribution in [0.15, 0.2) is 29.3 Å². The molecular formula is C22H31N5O4. The molecule has 2 fully saturated rings. The standard InChI is InChI=1S/C22H31N5O4/c1-17(29)26-6-2-5-22(31,15-26)14-24-7-9-25(10-8-24)18-3-4-19-20(13-18)23-16-27(11-12-28)21(19)30/h3-4,13,16,28,31H,2,5-12,14-15H2,1H3. The number of anilines is 1. The molecule has 0 radical (unpaired) electrons. The molecule has 0 aliphatic carbocycles. The monoisotopic (exact) mass is 429 g/mol. The average molecular weight is 430 g/mol. The minimum Gasteiger partial charge on any atom is -0.395 e. The fourth-order valence-electron chi connectivity index (χ4n) is 4.70. The molecule has 3 heterocycles. The molecular weight excluding hydrogens is 398 g/mol. The fourth-order valence-corrected chi connectivity index (χ4v) is 4.70. The van der Waals surface area contributed by atoms with Gasteiger partial charge in [-0.2, -0.15) is 0 Å². The highest BCUT2D eigenvalue weighted by Gasteiger charge is 2.36. The van der Waals surface area contributed by atoms with E-state index in [1.807, 2.05) is 12.1 Å². The minimum absolute atomic E-state index is 0.0241. The maximum absolute atomic E-state index is 12.5. The van der Waals surface area contributed by atoms with Gasteiger partial charge in [0.15, 0.2) is 0 Å². The number of piperidine rings is 1. The largest absolute Gasteiger partial charge is 0.395 e. The lowest BCUT2D eigenvalue weighted by Crippen LogP contribution is -2.58. The van der Waals surface area contributed by atoms with Gasteiger partial charge in [-0.1, -0.05) is 0 Å². The number of amides is 1. The van der Waals surface area contributed by atoms with Gasteiger partial charge in [0.25, 0.3) is 5.56 Å². The van der Waals surface area contributed by atoms with Crippen LogP contribution >= 0.6 is 0 Å². The third-order valence-electron chi connectivity index (χ3n) is 6.41. The third kappa shape index (κ3) is 4.73. The van der Waals surface area contributed by atoms with Crippen molar-refractivity contribution in [3.63, 3.8) is 0 Å². The van der Waals surface area contributed by atoms with Crippen LogP contribution in [0.1, 0.15) is 19.8 Å². The number of likely N-dealkylation sites (tertiary alicyclic amines) is 1. The highest BCUT2D eigenvalue weighted by atomic mass is 16.3. The zero-order valence-electron chi connectivity index (χ0n) is 18.0. The Balaban J connectivity index is 1.39. The fraction of sp³-hybridized carbons (Fsp3) is 0.591. The van der Waals surface area contributed by atoms with Crippen molar-refractivity contribution in [2.45, 2.75) is 31.9 Å². The molecule has 2 aliphatic heterocycles. The lowest BCUT2D eigenvalue weighted by atomic mass is 9.92. The molecule has 2 aliphatic rings. The number of β-amino-alcohol motifs (C(OH)–C–C–N with tert-alkyl or cyclic N) is 1. The first-order chi connectivity index (χ1) is 14.9. The number of benzene rings is 1. The van der Waals surface area contributed by atoms with E-state index in [0.717, 1.165) is 51.3 Å². The highest BCUT2D eigenvalue weighted by Crippen LogP contribution is 2.25. The molecule has 168 valence electrons. The molecule has 2 saturated heterocycles. The Morgan fingerprint density at radius 3 is 2.68 bits per heavy atom. The number of hydrogen-bond donors (Lipinski definition) is 2. The van der Waals surface area contributed by atoms with Crippen LogP contribution in [0.5, 0.6) is 0 Å². The average Bonchev–Trinajstić information content (AvgIpc) is 2.76. The summed E-state index contributed by atoms with van der Waals surface area (Å²) in [5.41, 5.74) is 0.696. The predicted octanol–water partition coefficient (Wildman–Crippen LogP) is -0.116. The summed E-state index contributed by atoms with van der Waals surface area (Å²) in [4.78, 5) is 34.9. The molecule has 0 spiro atoms. The number of fused-ring (bicyclic) bond motifs is 1. The highest BCUT2D eigenvalue weighted by molar-refractivity contribution is 5.81. The van der Waals surface area contributed by atoms with Crippen LogP contribution < -0.4 is 10.5 Å². The molecule has 1 atom stereocenters. The first-order valence-electron chi connectivity index (χ1n) is 10.9. The van der Waals surface area contributed by atoms with E-state index >= 15 is 0 Å². The molecule has 2 N–H and O–H groups in total. The van der Waals surface area contributed by atoms with Crippen molar-refractivity contribution in [2.75, 3.05) is 57.3 Å². The molecule has 1 amide bonds. The van der Waals surface area contributed by atoms with Gasteiger partial charge in [-0.05, 0) is 31.0 Å². The van der Waals surface area contributed by atoms with Crippen LogP contribution in [0.3, 0.4) is 0 Å². The van der Waals surface area contributed by atoms with Gasteiger partial charge in [0.1, 0.15) is 0 Å². The lowest BCUT2D eigenvalue weighted by molar-refractivity contribution is -0.137. The van der Waals surface area contributed by atoms with Gasteiger partial charge in [0, 0.05) is 51.9 Å². The molecule has 9 nitrogen and oxygen atoms in total. The summed E-state index contributed by atoms with van der Waals surface area (Å²) in [6.45, 7) is 6.70. The third-order valence-corrected chi connectivity index (χ3v) is 6.41. The zero-order valence-corrected chi connectivity index (χ0v) is 18.0. The zero-order chi connectivity index (χ0) is 22.0. The van der Waals surface area contributed by atoms with E-state index in [0.29, 0.717) is 24.0 Å². The SMILES string of the molecule is CC(=O)N1CCCC(O)(CN2CCN(c3ccc4c(=O)n(CCO)cnc4c3)CC2)C1. The summed E-state index contributed by atoms with van der Waals surface area (Å²) in [5, 5.41) is 20.7. The van der Waals surface area contributed by atoms with Crippen LogP contribution in [0.2, 0.25) is 0 Å². The summed E-state index contributed by atoms with van der Waals surface area (Å²) in [7, 11) is 0. The van der Waals surface area contributed by atoms with E-state index in [9.17, 15) is 14.7 Å². The molecule has 2 aromatic rings. The van der Waals surface area contributed by atoms with Crippen molar-refractivity contribution in [3.05, 3.63) is 34.9 Å². The normalized spacial score (nSPS) is 22.8. The smallest absolute Gasteiger partial charge is 0.261 e. The number of aromatic nitrogens is 2. The number of carbonyl (C=O) groups excluding carboxylic acids is 1. The Hall–Kier alpha value is -2.49. The van der Waals surface area contributed by atoms with Gasteiger partial charge >= 0.3 is 0 Å². The van der Waals surface area contributed by atoms with E-state index < -0.39 is 5.60 Å². The lowest BCUT2D eigenvalue weighted by Gasteiger charge is -2.44. The molecule has 0 bridgehead atoms. The van der Waals surface area contributed by atoms with Crippen LogP contribution in [0.25, 0.3) is 10.9 Å². The predicted molar refractivity (Wildman–Crippen MR) is 118 cm³/mol. The molecule has 0 saturated carbocycles. The van der Waals surface area contributed by atoms with E-state index in [1.165, 1.54) is 10.9 Å². The van der Waals surface area contributed by atoms with Crippen LogP contribution in [0, 0.1) is 0 Å². The molecule has 1 aromatic carbocycles. The number of hydrogen-bond acceptors (Lipinski definition) is 7. The van der Waals surface area contributed by atoms with E-state index in [4.69, 9.17) is 5.11 Å². The summed E-state index contributed by atoms with van der Waals surface area (Å²) in [6, 6.07) is 5.69. The Kier molecular flexibility index (Phi) is 6.27. The second-order valence-corrected chi connectivity index (χ2v) is 8.70. The maximum Gasteiger partial charge on any atom is 0.261 e. The number of aliphatic hydroxyl groups is 2. The quantitative estimate of drug-likeness (QED) is 0.683. The Bertz CT molecular complexity index is 1000. The Morgan fingerprint density at radius 2 is 1.97 bits per heavy atom. The number of nitrogens with zero attached hydrogens (tertiary/aromatic N) is 5. The summed E-state index contributed by atoms with van der Waals surface area (Å²) in [5.74, 6) is 0.0241. The van der Waals surface area contributed by atoms with Crippen molar-refractivity contribution >= 4 is 22.5 Å². The van der Waals surface area contributed by atoms with Gasteiger partial charge < -0.3 is 20.0 Å². The Morgan fingerprint density at radius 1 is 1.19 bits per heavy atom. The topological polar surface area (TPSA) is 102 Å². The molecule has 1 aromatic heterocycles. The van der Waals surface area contributed by atoms with Crippen LogP contribution in [0.4, 0.5) is 5.69 Å². The van der Waals surface area contributed by atoms with Crippen LogP contribution in [-0.4, -0.2) is 93.5 Å². The molecule has 31 heavy (non-hydrogen) atoms. The van der Waals surface area contributed by atoms with E-state index in [1.54, 1.807) is 17.9 Å². The summed E-state index contributed by atoms with van der Waals surface area (Å²) >= 11 is 0. The first-order valence-corrected chi connectivity index (χ1v) is 10.9. The number of carbonyl (C=O) groups is 1. The van der Waals surface area contributed by atoms with Gasteiger partial charge in [0.05, 0.1) is 42.5 Å². The second kappa shape index (κ2) is 8.94. The minimum atomic E-state index is -0.840.